The number of benzene rings is 2. The average molecular weight is 559 g/mol. The van der Waals surface area contributed by atoms with E-state index in [0.717, 1.165) is 11.1 Å². The monoisotopic (exact) mass is 558 g/mol. The predicted octanol–water partition coefficient (Wildman–Crippen LogP) is 5.47. The first-order valence-corrected chi connectivity index (χ1v) is 14.0. The normalized spacial score (nSPS) is 16.9. The third kappa shape index (κ3) is 5.16. The van der Waals surface area contributed by atoms with Crippen molar-refractivity contribution in [1.29, 1.82) is 21.0 Å². The largest absolute Gasteiger partial charge is 0.466 e. The van der Waals surface area contributed by atoms with Crippen molar-refractivity contribution in [2.24, 2.45) is 23.2 Å². The maximum Gasteiger partial charge on any atom is 0.312 e. The minimum atomic E-state index is -2.14. The summed E-state index contributed by atoms with van der Waals surface area (Å²) in [4.78, 5) is 28.0. The van der Waals surface area contributed by atoms with E-state index in [0.29, 0.717) is 41.5 Å². The van der Waals surface area contributed by atoms with Crippen LogP contribution in [0.3, 0.4) is 0 Å². The third-order valence-electron chi connectivity index (χ3n) is 8.10. The highest BCUT2D eigenvalue weighted by atomic mass is 16.5. The van der Waals surface area contributed by atoms with Crippen molar-refractivity contribution in [2.45, 2.75) is 39.5 Å². The zero-order valence-corrected chi connectivity index (χ0v) is 23.6. The van der Waals surface area contributed by atoms with Gasteiger partial charge in [-0.25, -0.2) is 0 Å². The Morgan fingerprint density at radius 2 is 1.43 bits per heavy atom. The number of hydrogen-bond acceptors (Lipinski definition) is 8. The van der Waals surface area contributed by atoms with E-state index in [4.69, 9.17) is 9.47 Å². The summed E-state index contributed by atoms with van der Waals surface area (Å²) in [6, 6.07) is 22.9. The molecule has 0 saturated carbocycles. The fourth-order valence-electron chi connectivity index (χ4n) is 6.39. The van der Waals surface area contributed by atoms with Gasteiger partial charge < -0.3 is 9.47 Å². The molecule has 2 aromatic rings. The molecule has 2 aliphatic rings. The Bertz CT molecular complexity index is 1600. The van der Waals surface area contributed by atoms with Gasteiger partial charge in [0, 0.05) is 5.92 Å². The number of ether oxygens (including phenoxy) is 2. The molecule has 8 nitrogen and oxygen atoms in total. The molecule has 0 aromatic heterocycles. The molecule has 2 aliphatic carbocycles. The number of fused-ring (bicyclic) bond motifs is 2. The fourth-order valence-corrected chi connectivity index (χ4v) is 6.39. The Balaban J connectivity index is 2.05. The van der Waals surface area contributed by atoms with Gasteiger partial charge in [0.25, 0.3) is 0 Å². The predicted molar refractivity (Wildman–Crippen MR) is 153 cm³/mol. The van der Waals surface area contributed by atoms with Crippen LogP contribution in [-0.2, 0) is 31.9 Å². The summed E-state index contributed by atoms with van der Waals surface area (Å²) < 4.78 is 11.0. The molecule has 4 rings (SSSR count). The van der Waals surface area contributed by atoms with Gasteiger partial charge in [0.05, 0.1) is 31.3 Å². The van der Waals surface area contributed by atoms with Gasteiger partial charge in [0.1, 0.15) is 23.6 Å². The molecule has 0 radical (unpaired) electrons. The standard InChI is InChI=1S/C34H30N4O4/c1-3-41-32(39)30(27-17-16-23-11-6-8-14-26(23)29(27)24(18-35)19-36)31(33(40)42-4-2)34(20-37,21-38)28-15-9-12-22-10-5-7-13-25(22)28/h5-8,10-11,13-15,27,30-31H,3-4,9,12,16-17H2,1-2H3. The number of nitrogens with zero attached hydrogens (tertiary/aromatic N) is 4. The molecule has 210 valence electrons. The van der Waals surface area contributed by atoms with Crippen molar-refractivity contribution < 1.29 is 19.1 Å². The topological polar surface area (TPSA) is 148 Å². The first kappa shape index (κ1) is 29.8. The van der Waals surface area contributed by atoms with Crippen molar-refractivity contribution in [2.75, 3.05) is 13.2 Å². The molecule has 0 bridgehead atoms. The zero-order chi connectivity index (χ0) is 30.3. The first-order valence-electron chi connectivity index (χ1n) is 14.0. The molecule has 2 aromatic carbocycles. The maximum absolute atomic E-state index is 14.0. The van der Waals surface area contributed by atoms with Crippen molar-refractivity contribution >= 4 is 23.1 Å². The van der Waals surface area contributed by atoms with Gasteiger partial charge >= 0.3 is 11.9 Å². The molecule has 0 N–H and O–H groups in total. The van der Waals surface area contributed by atoms with E-state index in [-0.39, 0.29) is 25.2 Å². The number of nitriles is 4. The zero-order valence-electron chi connectivity index (χ0n) is 23.6. The molecular formula is C34H30N4O4. The quantitative estimate of drug-likeness (QED) is 0.306. The summed E-state index contributed by atoms with van der Waals surface area (Å²) >= 11 is 0. The number of carbonyl (C=O) groups excluding carboxylic acids is 2. The van der Waals surface area contributed by atoms with Gasteiger partial charge in [-0.2, -0.15) is 21.0 Å². The van der Waals surface area contributed by atoms with E-state index >= 15 is 0 Å². The molecule has 0 fully saturated rings. The summed E-state index contributed by atoms with van der Waals surface area (Å²) in [5, 5.41) is 41.7. The second kappa shape index (κ2) is 13.0. The van der Waals surface area contributed by atoms with Crippen LogP contribution in [0.25, 0.3) is 11.1 Å². The lowest BCUT2D eigenvalue weighted by Gasteiger charge is -2.41. The van der Waals surface area contributed by atoms with E-state index < -0.39 is 35.1 Å². The minimum Gasteiger partial charge on any atom is -0.466 e. The number of carbonyl (C=O) groups is 2. The summed E-state index contributed by atoms with van der Waals surface area (Å²) in [5.74, 6) is -5.60. The van der Waals surface area contributed by atoms with Crippen LogP contribution < -0.4 is 0 Å². The number of hydrogen-bond donors (Lipinski definition) is 0. The van der Waals surface area contributed by atoms with E-state index in [1.807, 2.05) is 36.4 Å². The second-order valence-electron chi connectivity index (χ2n) is 10.2. The van der Waals surface area contributed by atoms with Crippen LogP contribution in [-0.4, -0.2) is 25.2 Å². The lowest BCUT2D eigenvalue weighted by Crippen LogP contribution is -2.48. The van der Waals surface area contributed by atoms with E-state index in [9.17, 15) is 30.6 Å². The number of rotatable bonds is 8. The van der Waals surface area contributed by atoms with Gasteiger partial charge in [-0.3, -0.25) is 9.59 Å². The molecule has 3 atom stereocenters. The number of esters is 2. The Labute approximate surface area is 245 Å². The Morgan fingerprint density at radius 3 is 2.02 bits per heavy atom. The lowest BCUT2D eigenvalue weighted by atomic mass is 9.58. The van der Waals surface area contributed by atoms with Gasteiger partial charge in [-0.15, -0.1) is 0 Å². The van der Waals surface area contributed by atoms with Crippen molar-refractivity contribution in [3.05, 3.63) is 82.4 Å². The van der Waals surface area contributed by atoms with Gasteiger partial charge in [-0.05, 0) is 72.9 Å². The van der Waals surface area contributed by atoms with Crippen LogP contribution in [0.1, 0.15) is 48.9 Å². The van der Waals surface area contributed by atoms with Crippen LogP contribution in [0.4, 0.5) is 0 Å². The molecular weight excluding hydrogens is 528 g/mol. The van der Waals surface area contributed by atoms with E-state index in [2.05, 4.69) is 12.1 Å². The van der Waals surface area contributed by atoms with Crippen LogP contribution in [0.2, 0.25) is 0 Å². The molecule has 0 aliphatic heterocycles. The smallest absolute Gasteiger partial charge is 0.312 e. The Hall–Kier alpha value is -5.18. The first-order chi connectivity index (χ1) is 20.4. The summed E-state index contributed by atoms with van der Waals surface area (Å²) in [5.41, 5.74) is 1.38. The van der Waals surface area contributed by atoms with Gasteiger partial charge in [-0.1, -0.05) is 54.6 Å². The highest BCUT2D eigenvalue weighted by Gasteiger charge is 2.58. The average Bonchev–Trinajstić information content (AvgIpc) is 3.02. The van der Waals surface area contributed by atoms with Crippen LogP contribution >= 0.6 is 0 Å². The molecule has 0 amide bonds. The number of aryl methyl sites for hydroxylation is 2. The summed E-state index contributed by atoms with van der Waals surface area (Å²) in [6.45, 7) is 3.16. The van der Waals surface area contributed by atoms with E-state index in [1.54, 1.807) is 44.2 Å². The molecule has 8 heteroatoms. The van der Waals surface area contributed by atoms with E-state index in [1.165, 1.54) is 0 Å². The maximum atomic E-state index is 14.0. The van der Waals surface area contributed by atoms with Gasteiger partial charge in [0.2, 0.25) is 0 Å². The molecule has 0 spiro atoms. The van der Waals surface area contributed by atoms with Crippen molar-refractivity contribution in [3.8, 4) is 24.3 Å². The van der Waals surface area contributed by atoms with Crippen LogP contribution in [0.15, 0.2) is 60.2 Å². The molecule has 42 heavy (non-hydrogen) atoms. The minimum absolute atomic E-state index is 0.0196. The highest BCUT2D eigenvalue weighted by Crippen LogP contribution is 2.53. The van der Waals surface area contributed by atoms with Crippen LogP contribution in [0, 0.1) is 68.5 Å². The third-order valence-corrected chi connectivity index (χ3v) is 8.10. The lowest BCUT2D eigenvalue weighted by molar-refractivity contribution is -0.164. The molecule has 0 saturated heterocycles. The molecule has 3 unspecified atom stereocenters. The SMILES string of the molecule is CCOC(=O)C(C1CCc2ccccc2C1=C(C#N)C#N)C(C(=O)OCC)C(C#N)(C#N)C1=CCCc2ccccc21. The highest BCUT2D eigenvalue weighted by molar-refractivity contribution is 5.92. The van der Waals surface area contributed by atoms with Crippen molar-refractivity contribution in [1.82, 2.24) is 0 Å². The fraction of sp³-hybridized carbons (Fsp3) is 0.353. The Morgan fingerprint density at radius 1 is 0.857 bits per heavy atom. The van der Waals surface area contributed by atoms with Crippen LogP contribution in [0.5, 0.6) is 0 Å². The Kier molecular flexibility index (Phi) is 9.22. The number of allylic oxidation sites excluding steroid dienone is 4. The van der Waals surface area contributed by atoms with Gasteiger partial charge in [0.15, 0.2) is 5.41 Å². The molecule has 0 heterocycles. The second-order valence-corrected chi connectivity index (χ2v) is 10.2. The summed E-state index contributed by atoms with van der Waals surface area (Å²) in [6.07, 6.45) is 3.77. The van der Waals surface area contributed by atoms with Crippen molar-refractivity contribution in [3.63, 3.8) is 0 Å². The summed E-state index contributed by atoms with van der Waals surface area (Å²) in [7, 11) is 0.